The number of hydrogen-bond donors (Lipinski definition) is 8. The number of carbonyl (C=O) groups excluding carboxylic acids is 6. The third-order valence-electron chi connectivity index (χ3n) is 10.4. The van der Waals surface area contributed by atoms with E-state index in [9.17, 15) is 28.8 Å². The van der Waals surface area contributed by atoms with Gasteiger partial charge in [-0.3, -0.25) is 33.8 Å². The Morgan fingerprint density at radius 1 is 0.746 bits per heavy atom. The van der Waals surface area contributed by atoms with Gasteiger partial charge in [0, 0.05) is 91.5 Å². The SMILES string of the molecule is CCCN(CC(=O)NCCS)C(=O)CN(CCc1c[nH]c2ccccc12)C(=O)CNC(=O)CN(CCCN)C(=O)C(Cc1c[nH]c2ccccc12)NC(=O)CNCc1cccnc1. The molecule has 0 saturated heterocycles. The molecule has 5 aromatic rings. The van der Waals surface area contributed by atoms with Crippen LogP contribution >= 0.6 is 12.6 Å². The first kappa shape index (κ1) is 47.8. The van der Waals surface area contributed by atoms with E-state index in [1.165, 1.54) is 14.7 Å². The predicted octanol–water partition coefficient (Wildman–Crippen LogP) is 1.51. The molecule has 18 heteroatoms. The fraction of sp³-hybridized carbons (Fsp3) is 0.400. The van der Waals surface area contributed by atoms with E-state index in [1.807, 2.05) is 67.7 Å². The fourth-order valence-corrected chi connectivity index (χ4v) is 7.32. The molecule has 0 bridgehead atoms. The Morgan fingerprint density at radius 3 is 2.10 bits per heavy atom. The summed E-state index contributed by atoms with van der Waals surface area (Å²) >= 11 is 4.14. The third kappa shape index (κ3) is 14.7. The van der Waals surface area contributed by atoms with Gasteiger partial charge in [-0.25, -0.2) is 0 Å². The van der Waals surface area contributed by atoms with Crippen molar-refractivity contribution in [2.45, 2.75) is 45.2 Å². The van der Waals surface area contributed by atoms with E-state index in [2.05, 4.69) is 48.8 Å². The molecule has 0 aliphatic rings. The van der Waals surface area contributed by atoms with E-state index in [-0.39, 0.29) is 51.6 Å². The van der Waals surface area contributed by atoms with Crippen LogP contribution in [0.3, 0.4) is 0 Å². The summed E-state index contributed by atoms with van der Waals surface area (Å²) in [5.74, 6) is -2.33. The molecule has 17 nitrogen and oxygen atoms in total. The number of rotatable bonds is 26. The van der Waals surface area contributed by atoms with Crippen molar-refractivity contribution in [2.24, 2.45) is 5.73 Å². The summed E-state index contributed by atoms with van der Waals surface area (Å²) in [5.41, 5.74) is 10.3. The van der Waals surface area contributed by atoms with E-state index >= 15 is 0 Å². The maximum Gasteiger partial charge on any atom is 0.245 e. The quantitative estimate of drug-likeness (QED) is 0.0376. The molecule has 0 aliphatic carbocycles. The minimum absolute atomic E-state index is 0.0727. The van der Waals surface area contributed by atoms with Crippen LogP contribution in [0.15, 0.2) is 85.5 Å². The number of nitrogens with two attached hydrogens (primary N) is 1. The number of H-pyrrole nitrogens is 2. The first-order valence-corrected chi connectivity index (χ1v) is 21.9. The molecule has 336 valence electrons. The number of benzene rings is 2. The number of pyridine rings is 1. The van der Waals surface area contributed by atoms with E-state index < -0.39 is 48.7 Å². The molecule has 0 fully saturated rings. The summed E-state index contributed by atoms with van der Waals surface area (Å²) in [6, 6.07) is 18.0. The van der Waals surface area contributed by atoms with Crippen molar-refractivity contribution in [1.82, 2.24) is 50.9 Å². The van der Waals surface area contributed by atoms with Gasteiger partial charge >= 0.3 is 0 Å². The van der Waals surface area contributed by atoms with Gasteiger partial charge in [-0.15, -0.1) is 0 Å². The molecule has 0 aliphatic heterocycles. The van der Waals surface area contributed by atoms with Gasteiger partial charge in [0.2, 0.25) is 35.4 Å². The van der Waals surface area contributed by atoms with Crippen molar-refractivity contribution in [1.29, 1.82) is 0 Å². The molecule has 5 rings (SSSR count). The summed E-state index contributed by atoms with van der Waals surface area (Å²) in [6.07, 6.45) is 8.56. The molecule has 8 N–H and O–H groups in total. The van der Waals surface area contributed by atoms with Gasteiger partial charge in [0.15, 0.2) is 0 Å². The highest BCUT2D eigenvalue weighted by atomic mass is 32.1. The number of para-hydroxylation sites is 2. The lowest BCUT2D eigenvalue weighted by Gasteiger charge is -2.28. The second kappa shape index (κ2) is 25.0. The van der Waals surface area contributed by atoms with Gasteiger partial charge in [-0.05, 0) is 60.7 Å². The monoisotopic (exact) mass is 881 g/mol. The molecule has 6 amide bonds. The van der Waals surface area contributed by atoms with Crippen LogP contribution in [-0.2, 0) is 48.2 Å². The van der Waals surface area contributed by atoms with Crippen LogP contribution in [0.25, 0.3) is 21.8 Å². The first-order valence-electron chi connectivity index (χ1n) is 21.3. The van der Waals surface area contributed by atoms with Crippen molar-refractivity contribution in [3.8, 4) is 0 Å². The Morgan fingerprint density at radius 2 is 1.41 bits per heavy atom. The van der Waals surface area contributed by atoms with E-state index in [0.717, 1.165) is 38.5 Å². The summed E-state index contributed by atoms with van der Waals surface area (Å²) in [7, 11) is 0. The average molecular weight is 882 g/mol. The number of carbonyl (C=O) groups is 6. The minimum atomic E-state index is -1.04. The summed E-state index contributed by atoms with van der Waals surface area (Å²) in [5, 5.41) is 13.2. The number of fused-ring (bicyclic) bond motifs is 2. The van der Waals surface area contributed by atoms with Gasteiger partial charge < -0.3 is 51.7 Å². The highest BCUT2D eigenvalue weighted by molar-refractivity contribution is 7.80. The maximum atomic E-state index is 14.4. The summed E-state index contributed by atoms with van der Waals surface area (Å²) in [6.45, 7) is 2.05. The Labute approximate surface area is 372 Å². The molecule has 3 aromatic heterocycles. The van der Waals surface area contributed by atoms with Crippen LogP contribution in [0.1, 0.15) is 36.5 Å². The zero-order chi connectivity index (χ0) is 45.0. The summed E-state index contributed by atoms with van der Waals surface area (Å²) < 4.78 is 0. The third-order valence-corrected chi connectivity index (χ3v) is 10.6. The maximum absolute atomic E-state index is 14.4. The van der Waals surface area contributed by atoms with Crippen LogP contribution in [0.4, 0.5) is 0 Å². The predicted molar refractivity (Wildman–Crippen MR) is 245 cm³/mol. The molecule has 63 heavy (non-hydrogen) atoms. The largest absolute Gasteiger partial charge is 0.361 e. The van der Waals surface area contributed by atoms with Crippen LogP contribution < -0.4 is 27.0 Å². The standard InChI is InChI=1S/C45H59N11O6S/c1-2-18-54(29-41(58)49-17-21-63)44(61)31-55(20-14-33-25-50-37-12-5-3-10-35(33)37)43(60)28-52-42(59)30-56(19-8-15-46)45(62)39(22-34-26-51-38-13-6-4-11-36(34)38)53-40(57)27-48-24-32-9-7-16-47-23-32/h3-7,9-13,16,23,25-26,39,48,50-51,63H,2,8,14-15,17-22,24,27-31,46H2,1H3,(H,49,58)(H,52,59)(H,53,57). The number of aromatic amines is 2. The average Bonchev–Trinajstić information content (AvgIpc) is 3.91. The van der Waals surface area contributed by atoms with E-state index in [0.29, 0.717) is 44.6 Å². The zero-order valence-electron chi connectivity index (χ0n) is 35.7. The van der Waals surface area contributed by atoms with Crippen LogP contribution in [-0.4, -0.2) is 142 Å². The molecular weight excluding hydrogens is 823 g/mol. The van der Waals surface area contributed by atoms with Crippen molar-refractivity contribution >= 4 is 69.9 Å². The molecule has 0 radical (unpaired) electrons. The lowest BCUT2D eigenvalue weighted by atomic mass is 10.0. The molecule has 3 heterocycles. The molecular formula is C45H59N11O6S. The van der Waals surface area contributed by atoms with Gasteiger partial charge in [0.05, 0.1) is 32.7 Å². The van der Waals surface area contributed by atoms with Gasteiger partial charge in [-0.2, -0.15) is 12.6 Å². The van der Waals surface area contributed by atoms with Gasteiger partial charge in [0.1, 0.15) is 6.04 Å². The lowest BCUT2D eigenvalue weighted by Crippen LogP contribution is -2.54. The fourth-order valence-electron chi connectivity index (χ4n) is 7.21. The highest BCUT2D eigenvalue weighted by Crippen LogP contribution is 2.21. The second-order valence-corrected chi connectivity index (χ2v) is 15.6. The Hall–Kier alpha value is -6.24. The molecule has 0 saturated carbocycles. The van der Waals surface area contributed by atoms with E-state index in [4.69, 9.17) is 5.73 Å². The lowest BCUT2D eigenvalue weighted by molar-refractivity contribution is -0.142. The summed E-state index contributed by atoms with van der Waals surface area (Å²) in [4.78, 5) is 96.2. The molecule has 1 atom stereocenters. The van der Waals surface area contributed by atoms with Crippen LogP contribution in [0.5, 0.6) is 0 Å². The first-order chi connectivity index (χ1) is 30.6. The number of nitrogens with one attached hydrogen (secondary N) is 6. The normalized spacial score (nSPS) is 11.5. The van der Waals surface area contributed by atoms with Crippen LogP contribution in [0.2, 0.25) is 0 Å². The number of amides is 6. The number of aromatic nitrogens is 3. The number of nitrogens with zero attached hydrogens (tertiary/aromatic N) is 4. The Kier molecular flexibility index (Phi) is 19.0. The topological polar surface area (TPSA) is 231 Å². The van der Waals surface area contributed by atoms with Crippen molar-refractivity contribution < 1.29 is 28.8 Å². The number of thiol groups is 1. The molecule has 1 unspecified atom stereocenters. The smallest absolute Gasteiger partial charge is 0.245 e. The highest BCUT2D eigenvalue weighted by Gasteiger charge is 2.29. The van der Waals surface area contributed by atoms with Gasteiger partial charge in [0.25, 0.3) is 0 Å². The van der Waals surface area contributed by atoms with Gasteiger partial charge in [-0.1, -0.05) is 49.4 Å². The van der Waals surface area contributed by atoms with Crippen molar-refractivity contribution in [3.63, 3.8) is 0 Å². The molecule has 2 aromatic carbocycles. The van der Waals surface area contributed by atoms with Crippen molar-refractivity contribution in [2.75, 3.05) is 71.2 Å². The Bertz CT molecular complexity index is 2280. The van der Waals surface area contributed by atoms with E-state index in [1.54, 1.807) is 24.7 Å². The van der Waals surface area contributed by atoms with Crippen LogP contribution in [0, 0.1) is 0 Å². The minimum Gasteiger partial charge on any atom is -0.361 e. The van der Waals surface area contributed by atoms with Crippen molar-refractivity contribution in [3.05, 3.63) is 102 Å². The number of hydrogen-bond acceptors (Lipinski definition) is 10. The molecule has 0 spiro atoms. The zero-order valence-corrected chi connectivity index (χ0v) is 36.6. The Balaban J connectivity index is 1.28. The second-order valence-electron chi connectivity index (χ2n) is 15.1.